The molecule has 0 aromatic heterocycles. The molecule has 0 saturated carbocycles. The number of hydrogen-bond acceptors (Lipinski definition) is 6. The second-order valence-electron chi connectivity index (χ2n) is 6.02. The van der Waals surface area contributed by atoms with Crippen LogP contribution in [0.2, 0.25) is 0 Å². The molecule has 156 valence electrons. The zero-order valence-electron chi connectivity index (χ0n) is 16.3. The van der Waals surface area contributed by atoms with E-state index in [4.69, 9.17) is 9.47 Å². The zero-order chi connectivity index (χ0) is 21.4. The highest BCUT2D eigenvalue weighted by Gasteiger charge is 2.18. The smallest absolute Gasteiger partial charge is 0.337 e. The lowest BCUT2D eigenvalue weighted by Crippen LogP contribution is -2.26. The van der Waals surface area contributed by atoms with E-state index in [1.165, 1.54) is 26.4 Å². The van der Waals surface area contributed by atoms with Gasteiger partial charge in [-0.1, -0.05) is 12.1 Å². The molecule has 0 saturated heterocycles. The molecule has 3 N–H and O–H groups in total. The molecule has 2 rings (SSSR count). The van der Waals surface area contributed by atoms with E-state index in [2.05, 4.69) is 16.6 Å². The van der Waals surface area contributed by atoms with Crippen LogP contribution in [0.25, 0.3) is 0 Å². The Bertz CT molecular complexity index is 988. The largest absolute Gasteiger partial charge is 0.493 e. The lowest BCUT2D eigenvalue weighted by molar-refractivity contribution is 0.0697. The molecular formula is C20H24N2O6S. The third-order valence-corrected chi connectivity index (χ3v) is 5.58. The van der Waals surface area contributed by atoms with Gasteiger partial charge in [0.1, 0.15) is 0 Å². The van der Waals surface area contributed by atoms with Crippen LogP contribution in [0.1, 0.15) is 15.9 Å². The molecule has 2 aromatic rings. The maximum atomic E-state index is 12.6. The van der Waals surface area contributed by atoms with E-state index in [9.17, 15) is 18.3 Å². The quantitative estimate of drug-likeness (QED) is 0.479. The molecule has 0 spiro atoms. The molecule has 0 bridgehead atoms. The predicted molar refractivity (Wildman–Crippen MR) is 111 cm³/mol. The fraction of sp³-hybridized carbons (Fsp3) is 0.250. The minimum atomic E-state index is -3.87. The van der Waals surface area contributed by atoms with Gasteiger partial charge in [-0.3, -0.25) is 0 Å². The van der Waals surface area contributed by atoms with Gasteiger partial charge < -0.3 is 19.9 Å². The van der Waals surface area contributed by atoms with Crippen molar-refractivity contribution in [2.45, 2.75) is 11.3 Å². The second-order valence-corrected chi connectivity index (χ2v) is 7.79. The van der Waals surface area contributed by atoms with E-state index in [0.29, 0.717) is 30.2 Å². The molecule has 0 heterocycles. The maximum Gasteiger partial charge on any atom is 0.337 e. The van der Waals surface area contributed by atoms with Crippen LogP contribution in [-0.2, 0) is 16.4 Å². The van der Waals surface area contributed by atoms with Gasteiger partial charge in [0.15, 0.2) is 11.5 Å². The number of carboxylic acid groups (broad SMARTS) is 1. The van der Waals surface area contributed by atoms with Crippen molar-refractivity contribution in [3.05, 3.63) is 60.2 Å². The van der Waals surface area contributed by atoms with Crippen LogP contribution < -0.4 is 19.5 Å². The van der Waals surface area contributed by atoms with Gasteiger partial charge in [0.2, 0.25) is 10.0 Å². The second kappa shape index (κ2) is 9.94. The molecule has 0 radical (unpaired) electrons. The Morgan fingerprint density at radius 1 is 1.14 bits per heavy atom. The number of anilines is 1. The van der Waals surface area contributed by atoms with Crippen molar-refractivity contribution in [1.82, 2.24) is 4.72 Å². The topological polar surface area (TPSA) is 114 Å². The molecule has 9 heteroatoms. The number of sulfonamides is 1. The zero-order valence-corrected chi connectivity index (χ0v) is 17.1. The van der Waals surface area contributed by atoms with Crippen LogP contribution in [0.5, 0.6) is 11.5 Å². The minimum absolute atomic E-state index is 0.119. The first-order valence-corrected chi connectivity index (χ1v) is 10.2. The van der Waals surface area contributed by atoms with Crippen LogP contribution in [-0.4, -0.2) is 46.8 Å². The summed E-state index contributed by atoms with van der Waals surface area (Å²) in [4.78, 5) is 11.4. The number of nitrogens with one attached hydrogen (secondary N) is 2. The molecule has 0 fully saturated rings. The van der Waals surface area contributed by atoms with E-state index >= 15 is 0 Å². The number of ether oxygens (including phenoxy) is 2. The summed E-state index contributed by atoms with van der Waals surface area (Å²) >= 11 is 0. The van der Waals surface area contributed by atoms with E-state index in [1.54, 1.807) is 18.2 Å². The first-order valence-electron chi connectivity index (χ1n) is 8.75. The van der Waals surface area contributed by atoms with Crippen molar-refractivity contribution < 1.29 is 27.8 Å². The summed E-state index contributed by atoms with van der Waals surface area (Å²) in [6.07, 6.45) is 2.00. The number of rotatable bonds is 11. The fourth-order valence-electron chi connectivity index (χ4n) is 2.65. The van der Waals surface area contributed by atoms with Gasteiger partial charge in [-0.15, -0.1) is 6.58 Å². The molecule has 0 aliphatic heterocycles. The van der Waals surface area contributed by atoms with Crippen molar-refractivity contribution in [2.75, 3.05) is 32.6 Å². The first-order chi connectivity index (χ1) is 13.8. The first kappa shape index (κ1) is 22.3. The Hall–Kier alpha value is -3.04. The van der Waals surface area contributed by atoms with Crippen molar-refractivity contribution in [3.63, 3.8) is 0 Å². The van der Waals surface area contributed by atoms with Gasteiger partial charge in [0, 0.05) is 18.8 Å². The number of benzene rings is 2. The van der Waals surface area contributed by atoms with Gasteiger partial charge in [-0.05, 0) is 42.3 Å². The summed E-state index contributed by atoms with van der Waals surface area (Å²) in [5, 5.41) is 12.2. The Kier molecular flexibility index (Phi) is 7.63. The predicted octanol–water partition coefficient (Wildman–Crippen LogP) is 2.52. The average Bonchev–Trinajstić information content (AvgIpc) is 2.71. The standard InChI is InChI=1S/C20H24N2O6S/c1-4-10-21-17-7-6-15(13-16(17)20(23)24)29(25,26)22-11-9-14-5-8-18(27-2)19(12-14)28-3/h4-8,12-13,21-22H,1,9-11H2,2-3H3,(H,23,24). The van der Waals surface area contributed by atoms with Gasteiger partial charge in [0.25, 0.3) is 0 Å². The lowest BCUT2D eigenvalue weighted by Gasteiger charge is -2.12. The third-order valence-electron chi connectivity index (χ3n) is 4.12. The molecule has 0 amide bonds. The SMILES string of the molecule is C=CCNc1ccc(S(=O)(=O)NCCc2ccc(OC)c(OC)c2)cc1C(=O)O. The fourth-order valence-corrected chi connectivity index (χ4v) is 3.71. The minimum Gasteiger partial charge on any atom is -0.493 e. The van der Waals surface area contributed by atoms with E-state index < -0.39 is 16.0 Å². The van der Waals surface area contributed by atoms with Crippen LogP contribution >= 0.6 is 0 Å². The van der Waals surface area contributed by atoms with E-state index in [0.717, 1.165) is 11.6 Å². The third kappa shape index (κ3) is 5.72. The van der Waals surface area contributed by atoms with E-state index in [-0.39, 0.29) is 17.0 Å². The lowest BCUT2D eigenvalue weighted by atomic mass is 10.1. The normalized spacial score (nSPS) is 11.0. The number of carbonyl (C=O) groups is 1. The Morgan fingerprint density at radius 2 is 1.86 bits per heavy atom. The number of hydrogen-bond donors (Lipinski definition) is 3. The average molecular weight is 420 g/mol. The highest BCUT2D eigenvalue weighted by Crippen LogP contribution is 2.27. The van der Waals surface area contributed by atoms with E-state index in [1.807, 2.05) is 6.07 Å². The van der Waals surface area contributed by atoms with Crippen LogP contribution in [0.3, 0.4) is 0 Å². The van der Waals surface area contributed by atoms with Gasteiger partial charge in [-0.25, -0.2) is 17.9 Å². The maximum absolute atomic E-state index is 12.6. The highest BCUT2D eigenvalue weighted by molar-refractivity contribution is 7.89. The van der Waals surface area contributed by atoms with Crippen molar-refractivity contribution in [1.29, 1.82) is 0 Å². The number of carboxylic acids is 1. The Balaban J connectivity index is 2.12. The number of methoxy groups -OCH3 is 2. The van der Waals surface area contributed by atoms with Crippen molar-refractivity contribution in [3.8, 4) is 11.5 Å². The molecule has 0 aliphatic carbocycles. The van der Waals surface area contributed by atoms with Crippen LogP contribution in [0.4, 0.5) is 5.69 Å². The summed E-state index contributed by atoms with van der Waals surface area (Å²) in [7, 11) is -0.807. The number of aromatic carboxylic acids is 1. The summed E-state index contributed by atoms with van der Waals surface area (Å²) < 4.78 is 38.0. The molecule has 0 unspecified atom stereocenters. The van der Waals surface area contributed by atoms with Crippen molar-refractivity contribution >= 4 is 21.7 Å². The summed E-state index contributed by atoms with van der Waals surface area (Å²) in [5.74, 6) is -0.0799. The van der Waals surface area contributed by atoms with Gasteiger partial charge in [0.05, 0.1) is 24.7 Å². The molecular weight excluding hydrogens is 396 g/mol. The summed E-state index contributed by atoms with van der Waals surface area (Å²) in [5.41, 5.74) is 1.05. The molecule has 8 nitrogen and oxygen atoms in total. The summed E-state index contributed by atoms with van der Waals surface area (Å²) in [6.45, 7) is 4.05. The van der Waals surface area contributed by atoms with Gasteiger partial charge in [-0.2, -0.15) is 0 Å². The Labute approximate surface area is 170 Å². The molecule has 0 aliphatic rings. The highest BCUT2D eigenvalue weighted by atomic mass is 32.2. The van der Waals surface area contributed by atoms with Gasteiger partial charge >= 0.3 is 5.97 Å². The monoisotopic (exact) mass is 420 g/mol. The molecule has 0 atom stereocenters. The molecule has 2 aromatic carbocycles. The summed E-state index contributed by atoms with van der Waals surface area (Å²) in [6, 6.07) is 9.25. The van der Waals surface area contributed by atoms with Crippen LogP contribution in [0, 0.1) is 0 Å². The van der Waals surface area contributed by atoms with Crippen molar-refractivity contribution in [2.24, 2.45) is 0 Å². The Morgan fingerprint density at radius 3 is 2.48 bits per heavy atom. The van der Waals surface area contributed by atoms with Crippen LogP contribution in [0.15, 0.2) is 53.9 Å². The molecule has 29 heavy (non-hydrogen) atoms.